The maximum atomic E-state index is 6.40. The first-order valence-corrected chi connectivity index (χ1v) is 47.0. The maximum Gasteiger partial charge on any atom is 0.137 e. The van der Waals surface area contributed by atoms with Crippen LogP contribution in [0.2, 0.25) is 0 Å². The quantitative estimate of drug-likeness (QED) is 0.0954. The van der Waals surface area contributed by atoms with Crippen molar-refractivity contribution in [1.82, 2.24) is 0 Å². The summed E-state index contributed by atoms with van der Waals surface area (Å²) in [6.07, 6.45) is 0. The van der Waals surface area contributed by atoms with Gasteiger partial charge < -0.3 is 28.0 Å². The molecular formula is C132H87N3O3. The molecule has 6 nitrogen and oxygen atoms in total. The Morgan fingerprint density at radius 2 is 0.362 bits per heavy atom. The van der Waals surface area contributed by atoms with Crippen molar-refractivity contribution in [3.8, 4) is 66.8 Å². The van der Waals surface area contributed by atoms with Gasteiger partial charge in [-0.05, 0) is 260 Å². The highest BCUT2D eigenvalue weighted by atomic mass is 16.3. The second-order valence-corrected chi connectivity index (χ2v) is 35.3. The second-order valence-electron chi connectivity index (χ2n) is 35.3. The van der Waals surface area contributed by atoms with Crippen LogP contribution in [0.1, 0.15) is 0 Å². The molecular weight excluding hydrogens is 1680 g/mol. The Balaban J connectivity index is 0.000000110. The fraction of sp³-hybridized carbons (Fsp3) is 0. The van der Waals surface area contributed by atoms with Gasteiger partial charge in [0, 0.05) is 95.0 Å². The summed E-state index contributed by atoms with van der Waals surface area (Å²) in [4.78, 5) is 7.12. The van der Waals surface area contributed by atoms with E-state index in [0.717, 1.165) is 117 Å². The van der Waals surface area contributed by atoms with E-state index in [1.54, 1.807) is 0 Å². The highest BCUT2D eigenvalue weighted by molar-refractivity contribution is 6.20. The van der Waals surface area contributed by atoms with E-state index in [1.807, 2.05) is 36.4 Å². The predicted molar refractivity (Wildman–Crippen MR) is 583 cm³/mol. The average Bonchev–Trinajstić information content (AvgIpc) is 0.954. The highest BCUT2D eigenvalue weighted by Crippen LogP contribution is 2.50. The number of para-hydroxylation sites is 3. The lowest BCUT2D eigenvalue weighted by atomic mass is 9.92. The van der Waals surface area contributed by atoms with Crippen LogP contribution in [0.3, 0.4) is 0 Å². The fourth-order valence-corrected chi connectivity index (χ4v) is 20.4. The van der Waals surface area contributed by atoms with Crippen molar-refractivity contribution in [2.24, 2.45) is 0 Å². The van der Waals surface area contributed by atoms with Crippen molar-refractivity contribution >= 4 is 182 Å². The third-order valence-corrected chi connectivity index (χ3v) is 27.1. The molecule has 27 rings (SSSR count). The van der Waals surface area contributed by atoms with Gasteiger partial charge in [-0.15, -0.1) is 0 Å². The van der Waals surface area contributed by atoms with Gasteiger partial charge in [0.25, 0.3) is 0 Å². The van der Waals surface area contributed by atoms with E-state index in [2.05, 4.69) is 506 Å². The molecule has 3 heterocycles. The molecule has 0 aliphatic rings. The normalized spacial score (nSPS) is 11.5. The monoisotopic (exact) mass is 1760 g/mol. The number of benzene rings is 24. The summed E-state index contributed by atoms with van der Waals surface area (Å²) < 4.78 is 19.0. The van der Waals surface area contributed by atoms with E-state index in [4.69, 9.17) is 13.3 Å². The van der Waals surface area contributed by atoms with E-state index in [9.17, 15) is 0 Å². The van der Waals surface area contributed by atoms with E-state index >= 15 is 0 Å². The van der Waals surface area contributed by atoms with Crippen LogP contribution in [0.15, 0.2) is 541 Å². The molecule has 0 aliphatic heterocycles. The maximum absolute atomic E-state index is 6.40. The van der Waals surface area contributed by atoms with Crippen molar-refractivity contribution in [2.75, 3.05) is 14.7 Å². The third-order valence-electron chi connectivity index (χ3n) is 27.1. The number of hydrogen-bond donors (Lipinski definition) is 0. The predicted octanol–water partition coefficient (Wildman–Crippen LogP) is 38.1. The summed E-state index contributed by atoms with van der Waals surface area (Å²) in [5.74, 6) is 0. The zero-order chi connectivity index (χ0) is 91.4. The molecule has 138 heavy (non-hydrogen) atoms. The molecule has 0 amide bonds. The van der Waals surface area contributed by atoms with Gasteiger partial charge in [0.2, 0.25) is 0 Å². The topological polar surface area (TPSA) is 49.1 Å². The van der Waals surface area contributed by atoms with E-state index in [0.29, 0.717) is 0 Å². The molecule has 27 aromatic rings. The lowest BCUT2D eigenvalue weighted by Gasteiger charge is -2.28. The van der Waals surface area contributed by atoms with Crippen LogP contribution in [0, 0.1) is 0 Å². The van der Waals surface area contributed by atoms with Crippen molar-refractivity contribution in [3.63, 3.8) is 0 Å². The number of rotatable bonds is 15. The molecule has 648 valence electrons. The molecule has 24 aromatic carbocycles. The zero-order valence-corrected chi connectivity index (χ0v) is 75.3. The Kier molecular flexibility index (Phi) is 20.9. The van der Waals surface area contributed by atoms with Crippen LogP contribution >= 0.6 is 0 Å². The molecule has 0 bridgehead atoms. The molecule has 0 fully saturated rings. The van der Waals surface area contributed by atoms with Crippen molar-refractivity contribution in [2.45, 2.75) is 0 Å². The molecule has 0 unspecified atom stereocenters. The van der Waals surface area contributed by atoms with Gasteiger partial charge in [-0.3, -0.25) is 0 Å². The van der Waals surface area contributed by atoms with Crippen molar-refractivity contribution in [1.29, 1.82) is 0 Å². The van der Waals surface area contributed by atoms with Crippen LogP contribution in [-0.4, -0.2) is 0 Å². The summed E-state index contributed by atoms with van der Waals surface area (Å²) in [5.41, 5.74) is 29.5. The van der Waals surface area contributed by atoms with Crippen LogP contribution in [0.5, 0.6) is 0 Å². The van der Waals surface area contributed by atoms with Gasteiger partial charge in [-0.1, -0.05) is 376 Å². The van der Waals surface area contributed by atoms with Crippen molar-refractivity contribution < 1.29 is 13.3 Å². The van der Waals surface area contributed by atoms with Gasteiger partial charge in [-0.25, -0.2) is 0 Å². The summed E-state index contributed by atoms with van der Waals surface area (Å²) in [6.45, 7) is 0. The largest absolute Gasteiger partial charge is 0.456 e. The van der Waals surface area contributed by atoms with Crippen LogP contribution < -0.4 is 14.7 Å². The molecule has 0 radical (unpaired) electrons. The molecule has 6 heteroatoms. The number of hydrogen-bond acceptors (Lipinski definition) is 6. The number of furan rings is 3. The lowest BCUT2D eigenvalue weighted by molar-refractivity contribution is 0.668. The standard InChI is InChI=1S/3C44H29NO/c1-3-11-30(12-4-1)32-19-22-35(23-20-32)45(36-24-26-44-41(29-36)39-17-9-10-18-43(39)46-44)42-28-34-15-7-8-16-37(34)38-25-21-33(27-40(38)42)31-13-5-2-6-14-31;1-3-11-30(12-4-1)32-19-22-35(23-20-32)45(36-24-26-40-39-17-9-10-18-43(39)46-44(40)29-36)42-28-34-15-7-8-16-37(34)38-25-21-33(27-41(38)42)31-13-5-2-6-14-31;1-3-11-30(12-4-1)31-19-21-34(22-20-31)45(36-24-26-40-39-17-9-10-18-43(39)46-44(40)29-36)35-23-25-38-37-16-8-7-15-33(37)27-41(42(38)28-35)32-13-5-2-6-14-32/h3*1-29H. The van der Waals surface area contributed by atoms with Gasteiger partial charge in [-0.2, -0.15) is 0 Å². The minimum Gasteiger partial charge on any atom is -0.456 e. The Bertz CT molecular complexity index is 9240. The van der Waals surface area contributed by atoms with Gasteiger partial charge >= 0.3 is 0 Å². The lowest BCUT2D eigenvalue weighted by Crippen LogP contribution is -2.10. The second kappa shape index (κ2) is 35.3. The molecule has 0 spiro atoms. The van der Waals surface area contributed by atoms with E-state index < -0.39 is 0 Å². The molecule has 3 aromatic heterocycles. The number of anilines is 9. The minimum atomic E-state index is 0.875. The number of fused-ring (bicyclic) bond motifs is 18. The summed E-state index contributed by atoms with van der Waals surface area (Å²) in [5, 5.41) is 21.4. The number of nitrogens with zero attached hydrogens (tertiary/aromatic N) is 3. The summed E-state index contributed by atoms with van der Waals surface area (Å²) in [6, 6.07) is 188. The first-order chi connectivity index (χ1) is 68.4. The minimum absolute atomic E-state index is 0.875. The molecule has 0 atom stereocenters. The van der Waals surface area contributed by atoms with Crippen molar-refractivity contribution in [3.05, 3.63) is 528 Å². The summed E-state index contributed by atoms with van der Waals surface area (Å²) in [7, 11) is 0. The molecule has 0 aliphatic carbocycles. The zero-order valence-electron chi connectivity index (χ0n) is 75.3. The van der Waals surface area contributed by atoms with Gasteiger partial charge in [0.1, 0.15) is 33.5 Å². The first-order valence-electron chi connectivity index (χ1n) is 47.0. The summed E-state index contributed by atoms with van der Waals surface area (Å²) >= 11 is 0. The smallest absolute Gasteiger partial charge is 0.137 e. The Morgan fingerprint density at radius 1 is 0.116 bits per heavy atom. The molecule has 0 saturated heterocycles. The van der Waals surface area contributed by atoms with Gasteiger partial charge in [0.15, 0.2) is 0 Å². The Hall–Kier alpha value is -18.4. The van der Waals surface area contributed by atoms with E-state index in [1.165, 1.54) is 131 Å². The highest BCUT2D eigenvalue weighted by Gasteiger charge is 2.26. The first kappa shape index (κ1) is 81.6. The van der Waals surface area contributed by atoms with Crippen LogP contribution in [-0.2, 0) is 0 Å². The average molecular weight is 1760 g/mol. The van der Waals surface area contributed by atoms with Crippen LogP contribution in [0.25, 0.3) is 197 Å². The molecule has 0 saturated carbocycles. The van der Waals surface area contributed by atoms with Gasteiger partial charge in [0.05, 0.1) is 11.4 Å². The Morgan fingerprint density at radius 3 is 0.775 bits per heavy atom. The van der Waals surface area contributed by atoms with Crippen LogP contribution in [0.4, 0.5) is 51.2 Å². The van der Waals surface area contributed by atoms with E-state index in [-0.39, 0.29) is 0 Å². The molecule has 0 N–H and O–H groups in total. The third kappa shape index (κ3) is 15.3. The Labute approximate surface area is 798 Å². The fourth-order valence-electron chi connectivity index (χ4n) is 20.4. The SMILES string of the molecule is c1ccc(-c2ccc(N(c3ccc4c(c3)oc3ccccc34)c3cc4ccccc4c4ccc(-c5ccccc5)cc34)cc2)cc1.c1ccc(-c2ccc(N(c3ccc4c(c3)oc3ccccc34)c3ccc4c(c3)c(-c3ccccc3)cc3ccccc34)cc2)cc1.c1ccc(-c2ccc(N(c3ccc4oc5ccccc5c4c3)c3cc4ccccc4c4ccc(-c5ccccc5)cc34)cc2)cc1.